The van der Waals surface area contributed by atoms with E-state index in [4.69, 9.17) is 4.74 Å². The lowest BCUT2D eigenvalue weighted by Gasteiger charge is -2.23. The highest BCUT2D eigenvalue weighted by Gasteiger charge is 2.32. The van der Waals surface area contributed by atoms with Crippen molar-refractivity contribution in [3.05, 3.63) is 66.2 Å². The summed E-state index contributed by atoms with van der Waals surface area (Å²) in [5.74, 6) is -0.364. The van der Waals surface area contributed by atoms with Crippen molar-refractivity contribution in [1.82, 2.24) is 20.2 Å². The number of hydrogen-bond donors (Lipinski definition) is 0. The van der Waals surface area contributed by atoms with Crippen LogP contribution < -0.4 is 4.74 Å². The van der Waals surface area contributed by atoms with E-state index < -0.39 is 11.4 Å². The number of carbonyl (C=O) groups is 1. The molecule has 2 aromatic carbocycles. The van der Waals surface area contributed by atoms with Crippen LogP contribution in [-0.2, 0) is 10.2 Å². The minimum atomic E-state index is -0.901. The smallest absolute Gasteiger partial charge is 0.321 e. The third-order valence-corrected chi connectivity index (χ3v) is 3.74. The monoisotopic (exact) mass is 326 g/mol. The van der Waals surface area contributed by atoms with Crippen molar-refractivity contribution in [3.8, 4) is 11.4 Å². The fourth-order valence-electron chi connectivity index (χ4n) is 2.17. The van der Waals surface area contributed by atoms with Crippen LogP contribution in [0.4, 0.5) is 4.39 Å². The molecule has 24 heavy (non-hydrogen) atoms. The molecule has 7 heteroatoms. The van der Waals surface area contributed by atoms with E-state index in [0.717, 1.165) is 5.69 Å². The quantitative estimate of drug-likeness (QED) is 0.544. The molecule has 0 saturated heterocycles. The van der Waals surface area contributed by atoms with Crippen LogP contribution in [-0.4, -0.2) is 26.2 Å². The first-order valence-corrected chi connectivity index (χ1v) is 7.28. The Kier molecular flexibility index (Phi) is 4.07. The van der Waals surface area contributed by atoms with Gasteiger partial charge < -0.3 is 4.74 Å². The second kappa shape index (κ2) is 6.19. The third-order valence-electron chi connectivity index (χ3n) is 3.74. The van der Waals surface area contributed by atoms with Crippen molar-refractivity contribution in [2.24, 2.45) is 0 Å². The molecule has 0 radical (unpaired) electrons. The van der Waals surface area contributed by atoms with Gasteiger partial charge in [0.05, 0.1) is 11.1 Å². The summed E-state index contributed by atoms with van der Waals surface area (Å²) in [4.78, 5) is 12.5. The Labute approximate surface area is 137 Å². The fraction of sp³-hybridized carbons (Fsp3) is 0.176. The van der Waals surface area contributed by atoms with E-state index in [9.17, 15) is 9.18 Å². The van der Waals surface area contributed by atoms with E-state index in [2.05, 4.69) is 15.5 Å². The van der Waals surface area contributed by atoms with Crippen LogP contribution in [0.5, 0.6) is 5.75 Å². The molecule has 0 fully saturated rings. The van der Waals surface area contributed by atoms with Crippen molar-refractivity contribution < 1.29 is 13.9 Å². The maximum absolute atomic E-state index is 13.0. The van der Waals surface area contributed by atoms with Crippen LogP contribution >= 0.6 is 0 Å². The van der Waals surface area contributed by atoms with Gasteiger partial charge in [-0.15, -0.1) is 5.10 Å². The molecule has 0 saturated carbocycles. The van der Waals surface area contributed by atoms with E-state index in [1.54, 1.807) is 50.2 Å². The van der Waals surface area contributed by atoms with Gasteiger partial charge in [-0.25, -0.2) is 9.07 Å². The number of hydrogen-bond acceptors (Lipinski definition) is 5. The second-order valence-electron chi connectivity index (χ2n) is 5.77. The maximum atomic E-state index is 13.0. The largest absolute Gasteiger partial charge is 0.426 e. The summed E-state index contributed by atoms with van der Waals surface area (Å²) in [6.45, 7) is 3.47. The van der Waals surface area contributed by atoms with Crippen LogP contribution in [0.1, 0.15) is 19.4 Å². The standard InChI is InChI=1S/C17H15FN4O2/c1-17(2,12-3-5-13(18)6-4-12)16(23)24-15-9-7-14(8-10-15)22-11-19-20-21-22/h3-11H,1-2H3. The summed E-state index contributed by atoms with van der Waals surface area (Å²) in [6.07, 6.45) is 1.47. The number of carbonyl (C=O) groups excluding carboxylic acids is 1. The third kappa shape index (κ3) is 3.15. The summed E-state index contributed by atoms with van der Waals surface area (Å²) in [5.41, 5.74) is 0.527. The molecule has 0 amide bonds. The highest BCUT2D eigenvalue weighted by atomic mass is 19.1. The number of halogens is 1. The fourth-order valence-corrected chi connectivity index (χ4v) is 2.17. The Morgan fingerprint density at radius 3 is 2.33 bits per heavy atom. The van der Waals surface area contributed by atoms with Gasteiger partial charge in [0.15, 0.2) is 0 Å². The van der Waals surface area contributed by atoms with E-state index in [1.807, 2.05) is 0 Å². The molecule has 0 atom stereocenters. The topological polar surface area (TPSA) is 69.9 Å². The lowest BCUT2D eigenvalue weighted by Crippen LogP contribution is -2.33. The summed E-state index contributed by atoms with van der Waals surface area (Å²) in [6, 6.07) is 12.6. The maximum Gasteiger partial charge on any atom is 0.321 e. The molecule has 0 spiro atoms. The summed E-state index contributed by atoms with van der Waals surface area (Å²) in [7, 11) is 0. The molecule has 0 aliphatic rings. The van der Waals surface area contributed by atoms with Crippen molar-refractivity contribution in [2.45, 2.75) is 19.3 Å². The van der Waals surface area contributed by atoms with Crippen molar-refractivity contribution >= 4 is 5.97 Å². The van der Waals surface area contributed by atoms with E-state index >= 15 is 0 Å². The molecule has 0 unspecified atom stereocenters. The van der Waals surface area contributed by atoms with Gasteiger partial charge in [-0.2, -0.15) is 0 Å². The summed E-state index contributed by atoms with van der Waals surface area (Å²) < 4.78 is 20.0. The van der Waals surface area contributed by atoms with Crippen molar-refractivity contribution in [1.29, 1.82) is 0 Å². The minimum Gasteiger partial charge on any atom is -0.426 e. The van der Waals surface area contributed by atoms with Gasteiger partial charge >= 0.3 is 5.97 Å². The minimum absolute atomic E-state index is 0.346. The van der Waals surface area contributed by atoms with E-state index in [-0.39, 0.29) is 5.82 Å². The van der Waals surface area contributed by atoms with Crippen LogP contribution in [0.3, 0.4) is 0 Å². The van der Waals surface area contributed by atoms with Gasteiger partial charge in [-0.1, -0.05) is 12.1 Å². The van der Waals surface area contributed by atoms with Crippen LogP contribution in [0.15, 0.2) is 54.9 Å². The molecular formula is C17H15FN4O2. The lowest BCUT2D eigenvalue weighted by atomic mass is 9.85. The van der Waals surface area contributed by atoms with E-state index in [0.29, 0.717) is 11.3 Å². The number of tetrazole rings is 1. The molecule has 0 aliphatic heterocycles. The molecule has 1 aromatic heterocycles. The van der Waals surface area contributed by atoms with E-state index in [1.165, 1.54) is 23.1 Å². The van der Waals surface area contributed by atoms with Crippen LogP contribution in [0.25, 0.3) is 5.69 Å². The first kappa shape index (κ1) is 15.8. The number of ether oxygens (including phenoxy) is 1. The van der Waals surface area contributed by atoms with Gasteiger partial charge in [0, 0.05) is 0 Å². The zero-order chi connectivity index (χ0) is 17.2. The van der Waals surface area contributed by atoms with Crippen LogP contribution in [0, 0.1) is 5.82 Å². The molecule has 122 valence electrons. The van der Waals surface area contributed by atoms with Gasteiger partial charge in [0.2, 0.25) is 0 Å². The van der Waals surface area contributed by atoms with Gasteiger partial charge in [-0.3, -0.25) is 4.79 Å². The molecule has 1 heterocycles. The first-order valence-electron chi connectivity index (χ1n) is 7.28. The zero-order valence-electron chi connectivity index (χ0n) is 13.2. The second-order valence-corrected chi connectivity index (χ2v) is 5.77. The predicted octanol–water partition coefficient (Wildman–Crippen LogP) is 2.68. The lowest BCUT2D eigenvalue weighted by molar-refractivity contribution is -0.139. The summed E-state index contributed by atoms with van der Waals surface area (Å²) in [5, 5.41) is 10.9. The Morgan fingerprint density at radius 2 is 1.75 bits per heavy atom. The van der Waals surface area contributed by atoms with Gasteiger partial charge in [-0.05, 0) is 66.2 Å². The molecule has 0 aliphatic carbocycles. The average Bonchev–Trinajstić information content (AvgIpc) is 3.10. The predicted molar refractivity (Wildman–Crippen MR) is 84.2 cm³/mol. The normalized spacial score (nSPS) is 11.3. The number of aromatic nitrogens is 4. The molecule has 0 bridgehead atoms. The zero-order valence-corrected chi connectivity index (χ0v) is 13.2. The van der Waals surface area contributed by atoms with Gasteiger partial charge in [0.25, 0.3) is 0 Å². The number of rotatable bonds is 4. The Balaban J connectivity index is 1.75. The number of benzene rings is 2. The molecule has 3 rings (SSSR count). The highest BCUT2D eigenvalue weighted by Crippen LogP contribution is 2.26. The Hall–Kier alpha value is -3.09. The highest BCUT2D eigenvalue weighted by molar-refractivity contribution is 5.84. The molecule has 3 aromatic rings. The number of esters is 1. The van der Waals surface area contributed by atoms with Crippen LogP contribution in [0.2, 0.25) is 0 Å². The summed E-state index contributed by atoms with van der Waals surface area (Å²) >= 11 is 0. The van der Waals surface area contributed by atoms with Crippen molar-refractivity contribution in [2.75, 3.05) is 0 Å². The first-order chi connectivity index (χ1) is 11.5. The average molecular weight is 326 g/mol. The number of nitrogens with zero attached hydrogens (tertiary/aromatic N) is 4. The molecule has 0 N–H and O–H groups in total. The molecule has 6 nitrogen and oxygen atoms in total. The van der Waals surface area contributed by atoms with Gasteiger partial charge in [0.1, 0.15) is 17.9 Å². The SMILES string of the molecule is CC(C)(C(=O)Oc1ccc(-n2cnnn2)cc1)c1ccc(F)cc1. The Bertz CT molecular complexity index is 828. The molecular weight excluding hydrogens is 311 g/mol. The Morgan fingerprint density at radius 1 is 1.08 bits per heavy atom. The van der Waals surface area contributed by atoms with Crippen molar-refractivity contribution in [3.63, 3.8) is 0 Å².